The molecule has 1 aliphatic heterocycles. The topological polar surface area (TPSA) is 64.6 Å². The second-order valence-corrected chi connectivity index (χ2v) is 5.25. The molecular formula is C13H20N4OS. The molecule has 1 saturated heterocycles. The average molecular weight is 280 g/mol. The zero-order valence-corrected chi connectivity index (χ0v) is 12.2. The van der Waals surface area contributed by atoms with Gasteiger partial charge in [0.2, 0.25) is 0 Å². The molecule has 2 heterocycles. The summed E-state index contributed by atoms with van der Waals surface area (Å²) in [5.74, 6) is 0. The van der Waals surface area contributed by atoms with E-state index in [1.807, 2.05) is 0 Å². The van der Waals surface area contributed by atoms with E-state index in [0.717, 1.165) is 31.6 Å². The first-order valence-electron chi connectivity index (χ1n) is 6.44. The Bertz CT molecular complexity index is 489. The van der Waals surface area contributed by atoms with E-state index in [2.05, 4.69) is 35.0 Å². The van der Waals surface area contributed by atoms with Gasteiger partial charge in [0.15, 0.2) is 5.11 Å². The van der Waals surface area contributed by atoms with Gasteiger partial charge in [-0.05, 0) is 45.0 Å². The summed E-state index contributed by atoms with van der Waals surface area (Å²) in [6, 6.07) is 2.11. The van der Waals surface area contributed by atoms with Gasteiger partial charge in [0.25, 0.3) is 0 Å². The summed E-state index contributed by atoms with van der Waals surface area (Å²) in [5.41, 5.74) is 11.4. The van der Waals surface area contributed by atoms with Crippen molar-refractivity contribution in [1.82, 2.24) is 9.99 Å². The van der Waals surface area contributed by atoms with Crippen molar-refractivity contribution in [2.24, 2.45) is 10.8 Å². The lowest BCUT2D eigenvalue weighted by atomic mass is 10.2. The quantitative estimate of drug-likeness (QED) is 0.498. The number of nitrogens with two attached hydrogens (primary N) is 1. The Kier molecular flexibility index (Phi) is 4.55. The monoisotopic (exact) mass is 280 g/mol. The van der Waals surface area contributed by atoms with Crippen molar-refractivity contribution in [2.45, 2.75) is 39.3 Å². The van der Waals surface area contributed by atoms with Crippen LogP contribution in [0.15, 0.2) is 11.2 Å². The van der Waals surface area contributed by atoms with Crippen LogP contribution < -0.4 is 11.2 Å². The minimum Gasteiger partial charge on any atom is -0.376 e. The first-order chi connectivity index (χ1) is 9.08. The number of hydrogen-bond acceptors (Lipinski definition) is 3. The predicted octanol–water partition coefficient (Wildman–Crippen LogP) is 1.45. The minimum atomic E-state index is 0.171. The maximum atomic E-state index is 5.69. The number of ether oxygens (including phenoxy) is 1. The molecule has 0 spiro atoms. The summed E-state index contributed by atoms with van der Waals surface area (Å²) < 4.78 is 7.96. The van der Waals surface area contributed by atoms with E-state index in [1.165, 1.54) is 11.4 Å². The number of aromatic nitrogens is 1. The number of aryl methyl sites for hydroxylation is 1. The third-order valence-corrected chi connectivity index (χ3v) is 3.49. The number of nitrogens with one attached hydrogen (secondary N) is 1. The molecule has 0 unspecified atom stereocenters. The molecule has 2 rings (SSSR count). The Hall–Kier alpha value is -1.40. The van der Waals surface area contributed by atoms with Crippen molar-refractivity contribution in [2.75, 3.05) is 6.61 Å². The van der Waals surface area contributed by atoms with Crippen LogP contribution in [0.1, 0.15) is 29.8 Å². The highest BCUT2D eigenvalue weighted by Gasteiger charge is 2.18. The molecule has 104 valence electrons. The lowest BCUT2D eigenvalue weighted by Gasteiger charge is -2.14. The van der Waals surface area contributed by atoms with Gasteiger partial charge in [-0.25, -0.2) is 0 Å². The Labute approximate surface area is 118 Å². The molecule has 0 bridgehead atoms. The summed E-state index contributed by atoms with van der Waals surface area (Å²) >= 11 is 4.70. The molecule has 3 N–H and O–H groups in total. The number of rotatable bonds is 4. The Morgan fingerprint density at radius 2 is 2.47 bits per heavy atom. The van der Waals surface area contributed by atoms with Gasteiger partial charge in [-0.2, -0.15) is 5.10 Å². The van der Waals surface area contributed by atoms with E-state index in [-0.39, 0.29) is 5.11 Å². The van der Waals surface area contributed by atoms with Crippen molar-refractivity contribution in [3.8, 4) is 0 Å². The molecule has 1 aromatic rings. The number of nitrogens with zero attached hydrogens (tertiary/aromatic N) is 2. The molecule has 0 amide bonds. The molecule has 1 atom stereocenters. The Morgan fingerprint density at radius 3 is 3.11 bits per heavy atom. The van der Waals surface area contributed by atoms with Crippen molar-refractivity contribution in [1.29, 1.82) is 0 Å². The van der Waals surface area contributed by atoms with Gasteiger partial charge >= 0.3 is 0 Å². The summed E-state index contributed by atoms with van der Waals surface area (Å²) in [7, 11) is 0. The van der Waals surface area contributed by atoms with Gasteiger partial charge in [-0.3, -0.25) is 5.43 Å². The molecule has 5 nitrogen and oxygen atoms in total. The van der Waals surface area contributed by atoms with Crippen molar-refractivity contribution in [3.63, 3.8) is 0 Å². The fraction of sp³-hybridized carbons (Fsp3) is 0.538. The maximum Gasteiger partial charge on any atom is 0.184 e. The van der Waals surface area contributed by atoms with Gasteiger partial charge in [0.1, 0.15) is 0 Å². The van der Waals surface area contributed by atoms with Gasteiger partial charge in [0, 0.05) is 30.1 Å². The Balaban J connectivity index is 2.09. The van der Waals surface area contributed by atoms with Crippen LogP contribution >= 0.6 is 12.2 Å². The van der Waals surface area contributed by atoms with E-state index in [0.29, 0.717) is 6.10 Å². The number of hydrogen-bond donors (Lipinski definition) is 2. The third-order valence-electron chi connectivity index (χ3n) is 3.40. The molecule has 0 aliphatic carbocycles. The minimum absolute atomic E-state index is 0.171. The van der Waals surface area contributed by atoms with Gasteiger partial charge in [-0.15, -0.1) is 0 Å². The van der Waals surface area contributed by atoms with E-state index in [4.69, 9.17) is 22.7 Å². The maximum absolute atomic E-state index is 5.69. The highest BCUT2D eigenvalue weighted by Crippen LogP contribution is 2.19. The largest absolute Gasteiger partial charge is 0.376 e. The lowest BCUT2D eigenvalue weighted by Crippen LogP contribution is -2.24. The summed E-state index contributed by atoms with van der Waals surface area (Å²) in [6.07, 6.45) is 4.39. The van der Waals surface area contributed by atoms with Gasteiger partial charge in [0.05, 0.1) is 12.3 Å². The molecular weight excluding hydrogens is 260 g/mol. The molecule has 0 aromatic carbocycles. The zero-order valence-electron chi connectivity index (χ0n) is 11.3. The second kappa shape index (κ2) is 6.16. The number of hydrazone groups is 1. The van der Waals surface area contributed by atoms with Crippen molar-refractivity contribution in [3.05, 3.63) is 23.0 Å². The first kappa shape index (κ1) is 14.0. The second-order valence-electron chi connectivity index (χ2n) is 4.81. The van der Waals surface area contributed by atoms with E-state index >= 15 is 0 Å². The molecule has 1 fully saturated rings. The van der Waals surface area contributed by atoms with Gasteiger partial charge < -0.3 is 15.0 Å². The van der Waals surface area contributed by atoms with E-state index in [9.17, 15) is 0 Å². The lowest BCUT2D eigenvalue weighted by molar-refractivity contribution is 0.0962. The highest BCUT2D eigenvalue weighted by molar-refractivity contribution is 7.80. The highest BCUT2D eigenvalue weighted by atomic mass is 32.1. The van der Waals surface area contributed by atoms with Crippen LogP contribution in [0.2, 0.25) is 0 Å². The van der Waals surface area contributed by atoms with Crippen LogP contribution in [0.5, 0.6) is 0 Å². The molecule has 6 heteroatoms. The summed E-state index contributed by atoms with van der Waals surface area (Å²) in [4.78, 5) is 0. The Morgan fingerprint density at radius 1 is 1.68 bits per heavy atom. The molecule has 0 saturated carbocycles. The van der Waals surface area contributed by atoms with Crippen LogP contribution in [0, 0.1) is 13.8 Å². The standard InChI is InChI=1S/C13H20N4OS/c1-9-6-11(7-15-16-13(14)19)10(2)17(9)8-12-4-3-5-18-12/h6-7,12H,3-5,8H2,1-2H3,(H3,14,16,19)/b15-7-/t12-/m1/s1. The summed E-state index contributed by atoms with van der Waals surface area (Å²) in [5, 5.41) is 4.17. The van der Waals surface area contributed by atoms with Crippen molar-refractivity contribution >= 4 is 23.5 Å². The van der Waals surface area contributed by atoms with Crippen molar-refractivity contribution < 1.29 is 4.74 Å². The van der Waals surface area contributed by atoms with Crippen LogP contribution in [0.3, 0.4) is 0 Å². The third kappa shape index (κ3) is 3.54. The van der Waals surface area contributed by atoms with E-state index in [1.54, 1.807) is 6.21 Å². The SMILES string of the molecule is Cc1cc(/C=N\NC(N)=S)c(C)n1C[C@H]1CCCO1. The van der Waals surface area contributed by atoms with Crippen LogP contribution in [-0.2, 0) is 11.3 Å². The fourth-order valence-electron chi connectivity index (χ4n) is 2.40. The average Bonchev–Trinajstić information content (AvgIpc) is 2.93. The number of thiocarbonyl (C=S) groups is 1. The van der Waals surface area contributed by atoms with Crippen LogP contribution in [0.4, 0.5) is 0 Å². The first-order valence-corrected chi connectivity index (χ1v) is 6.85. The molecule has 19 heavy (non-hydrogen) atoms. The normalized spacial score (nSPS) is 19.2. The molecule has 1 aromatic heterocycles. The molecule has 1 aliphatic rings. The summed E-state index contributed by atoms with van der Waals surface area (Å²) in [6.45, 7) is 5.98. The molecule has 0 radical (unpaired) electrons. The van der Waals surface area contributed by atoms with Crippen LogP contribution in [-0.4, -0.2) is 28.6 Å². The zero-order chi connectivity index (χ0) is 13.8. The smallest absolute Gasteiger partial charge is 0.184 e. The van der Waals surface area contributed by atoms with E-state index < -0.39 is 0 Å². The predicted molar refractivity (Wildman–Crippen MR) is 80.4 cm³/mol. The van der Waals surface area contributed by atoms with Crippen LogP contribution in [0.25, 0.3) is 0 Å². The fourth-order valence-corrected chi connectivity index (χ4v) is 2.45. The van der Waals surface area contributed by atoms with Gasteiger partial charge in [-0.1, -0.05) is 0 Å².